The molecule has 0 aliphatic carbocycles. The highest BCUT2D eigenvalue weighted by Gasteiger charge is 2.52. The molecule has 0 radical (unpaired) electrons. The lowest BCUT2D eigenvalue weighted by Gasteiger charge is -2.32. The van der Waals surface area contributed by atoms with Crippen LogP contribution in [0.2, 0.25) is 0 Å². The average molecular weight is 340 g/mol. The number of hydrogen-bond donors (Lipinski definition) is 0. The largest absolute Gasteiger partial charge is 0.466 e. The third kappa shape index (κ3) is 2.14. The topological polar surface area (TPSA) is 74.9 Å². The molecule has 1 atom stereocenters. The fourth-order valence-corrected chi connectivity index (χ4v) is 3.28. The molecular weight excluding hydrogens is 322 g/mol. The van der Waals surface area contributed by atoms with Gasteiger partial charge in [0, 0.05) is 13.6 Å². The monoisotopic (exact) mass is 340 g/mol. The van der Waals surface area contributed by atoms with E-state index in [2.05, 4.69) is 11.6 Å². The van der Waals surface area contributed by atoms with Crippen molar-refractivity contribution in [1.82, 2.24) is 14.4 Å². The van der Waals surface area contributed by atoms with E-state index in [1.54, 1.807) is 19.4 Å². The maximum Gasteiger partial charge on any atom is 0.402 e. The zero-order chi connectivity index (χ0) is 17.7. The Hall–Kier alpha value is -3.16. The minimum atomic E-state index is -0.630. The summed E-state index contributed by atoms with van der Waals surface area (Å²) in [6.07, 6.45) is 5.04. The highest BCUT2D eigenvalue weighted by atomic mass is 16.3. The van der Waals surface area contributed by atoms with Crippen molar-refractivity contribution < 1.29 is 18.6 Å². The lowest BCUT2D eigenvalue weighted by molar-refractivity contribution is -0.677. The van der Waals surface area contributed by atoms with Gasteiger partial charge in [-0.1, -0.05) is 11.1 Å². The predicted molar refractivity (Wildman–Crippen MR) is 88.4 cm³/mol. The van der Waals surface area contributed by atoms with Gasteiger partial charge in [0.05, 0.1) is 6.26 Å². The molecule has 2 aliphatic rings. The van der Waals surface area contributed by atoms with E-state index >= 15 is 0 Å². The number of carbonyl (C=O) groups excluding carboxylic acids is 2. The van der Waals surface area contributed by atoms with Gasteiger partial charge in [-0.3, -0.25) is 14.6 Å². The van der Waals surface area contributed by atoms with E-state index in [-0.39, 0.29) is 18.5 Å². The molecule has 8 nitrogen and oxygen atoms in total. The Bertz CT molecular complexity index is 909. The number of imide groups is 1. The van der Waals surface area contributed by atoms with Gasteiger partial charge in [0.2, 0.25) is 11.9 Å². The molecule has 2 aromatic heterocycles. The van der Waals surface area contributed by atoms with Crippen LogP contribution in [0.4, 0.5) is 10.7 Å². The third-order valence-electron chi connectivity index (χ3n) is 4.53. The number of carbonyl (C=O) groups is 2. The second-order valence-electron chi connectivity index (χ2n) is 6.09. The minimum absolute atomic E-state index is 0.174. The highest BCUT2D eigenvalue weighted by Crippen LogP contribution is 2.29. The summed E-state index contributed by atoms with van der Waals surface area (Å²) in [7, 11) is 1.63. The van der Waals surface area contributed by atoms with E-state index in [1.807, 2.05) is 34.4 Å². The second-order valence-corrected chi connectivity index (χ2v) is 6.09. The van der Waals surface area contributed by atoms with Gasteiger partial charge in [0.25, 0.3) is 5.91 Å². The summed E-state index contributed by atoms with van der Waals surface area (Å²) in [5, 5.41) is 0. The Labute approximate surface area is 144 Å². The molecule has 0 spiro atoms. The molecule has 0 saturated carbocycles. The molecule has 2 aliphatic heterocycles. The van der Waals surface area contributed by atoms with Crippen molar-refractivity contribution in [2.24, 2.45) is 4.99 Å². The first-order chi connectivity index (χ1) is 12.0. The van der Waals surface area contributed by atoms with Crippen molar-refractivity contribution in [3.8, 4) is 0 Å². The number of aliphatic imine (C=N–C) groups is 1. The van der Waals surface area contributed by atoms with Gasteiger partial charge < -0.3 is 4.42 Å². The first-order valence-corrected chi connectivity index (χ1v) is 7.95. The molecule has 25 heavy (non-hydrogen) atoms. The van der Waals surface area contributed by atoms with Crippen LogP contribution in [0.25, 0.3) is 0 Å². The number of aromatic nitrogens is 2. The third-order valence-corrected chi connectivity index (χ3v) is 4.53. The number of imidazole rings is 1. The van der Waals surface area contributed by atoms with Crippen LogP contribution in [0.5, 0.6) is 0 Å². The Morgan fingerprint density at radius 1 is 1.44 bits per heavy atom. The van der Waals surface area contributed by atoms with Gasteiger partial charge in [-0.2, -0.15) is 0 Å². The van der Waals surface area contributed by atoms with Crippen LogP contribution in [0.15, 0.2) is 46.7 Å². The average Bonchev–Trinajstić information content (AvgIpc) is 3.28. The van der Waals surface area contributed by atoms with E-state index in [0.717, 1.165) is 11.5 Å². The second kappa shape index (κ2) is 5.44. The highest BCUT2D eigenvalue weighted by molar-refractivity contribution is 6.19. The van der Waals surface area contributed by atoms with E-state index in [4.69, 9.17) is 4.42 Å². The molecule has 1 saturated heterocycles. The van der Waals surface area contributed by atoms with Gasteiger partial charge in [-0.05, 0) is 19.1 Å². The smallest absolute Gasteiger partial charge is 0.402 e. The number of hydrogen-bond acceptors (Lipinski definition) is 4. The van der Waals surface area contributed by atoms with Crippen molar-refractivity contribution in [3.63, 3.8) is 0 Å². The molecule has 4 heterocycles. The van der Waals surface area contributed by atoms with Crippen molar-refractivity contribution in [1.29, 1.82) is 0 Å². The minimum Gasteiger partial charge on any atom is -0.466 e. The Morgan fingerprint density at radius 2 is 2.24 bits per heavy atom. The number of furan rings is 1. The summed E-state index contributed by atoms with van der Waals surface area (Å²) in [5.41, 5.74) is 0.955. The van der Waals surface area contributed by atoms with E-state index in [0.29, 0.717) is 18.3 Å². The molecule has 0 N–H and O–H groups in total. The first-order valence-electron chi connectivity index (χ1n) is 7.95. The molecule has 2 aromatic rings. The summed E-state index contributed by atoms with van der Waals surface area (Å²) in [5.74, 6) is 1.57. The summed E-state index contributed by atoms with van der Waals surface area (Å²) in [4.78, 5) is 32.5. The number of urea groups is 1. The van der Waals surface area contributed by atoms with Gasteiger partial charge in [-0.25, -0.2) is 13.9 Å². The lowest BCUT2D eigenvalue weighted by Crippen LogP contribution is -2.62. The summed E-state index contributed by atoms with van der Waals surface area (Å²) >= 11 is 0. The molecule has 3 amide bonds. The fraction of sp³-hybridized carbons (Fsp3) is 0.294. The van der Waals surface area contributed by atoms with Crippen LogP contribution in [0.1, 0.15) is 17.5 Å². The number of amidine groups is 1. The Kier molecular flexibility index (Phi) is 3.34. The van der Waals surface area contributed by atoms with E-state index in [9.17, 15) is 9.59 Å². The number of aryl methyl sites for hydroxylation is 1. The van der Waals surface area contributed by atoms with Gasteiger partial charge in [0.15, 0.2) is 0 Å². The predicted octanol–water partition coefficient (Wildman–Crippen LogP) is 1.39. The van der Waals surface area contributed by atoms with Crippen molar-refractivity contribution >= 4 is 23.7 Å². The van der Waals surface area contributed by atoms with Gasteiger partial charge in [0.1, 0.15) is 24.2 Å². The normalized spacial score (nSPS) is 19.1. The van der Waals surface area contributed by atoms with Crippen LogP contribution in [-0.2, 0) is 11.3 Å². The molecular formula is C17H18N5O3+. The van der Waals surface area contributed by atoms with E-state index in [1.165, 1.54) is 9.80 Å². The molecule has 1 fully saturated rings. The fourth-order valence-electron chi connectivity index (χ4n) is 3.28. The molecule has 4 rings (SSSR count). The molecule has 0 aromatic carbocycles. The van der Waals surface area contributed by atoms with Crippen molar-refractivity contribution in [2.75, 3.05) is 13.6 Å². The van der Waals surface area contributed by atoms with Crippen molar-refractivity contribution in [3.05, 3.63) is 48.7 Å². The zero-order valence-electron chi connectivity index (χ0n) is 14.0. The van der Waals surface area contributed by atoms with Crippen LogP contribution >= 0.6 is 0 Å². The Morgan fingerprint density at radius 3 is 2.92 bits per heavy atom. The van der Waals surface area contributed by atoms with Crippen LogP contribution in [0.3, 0.4) is 0 Å². The van der Waals surface area contributed by atoms with Crippen molar-refractivity contribution in [2.45, 2.75) is 19.5 Å². The number of nitrogens with zero attached hydrogens (tertiary/aromatic N) is 5. The van der Waals surface area contributed by atoms with Gasteiger partial charge >= 0.3 is 12.0 Å². The van der Waals surface area contributed by atoms with Crippen LogP contribution in [-0.4, -0.2) is 45.7 Å². The quantitative estimate of drug-likeness (QED) is 0.623. The maximum atomic E-state index is 12.9. The van der Waals surface area contributed by atoms with Crippen LogP contribution in [0, 0.1) is 6.92 Å². The summed E-state index contributed by atoms with van der Waals surface area (Å²) < 4.78 is 9.20. The SMILES string of the molecule is C=CCN1C(=O)C2C(=Nc3n(Cc4ccco4)c(C)c[n+]32)N(C)C1=O. The number of rotatable bonds is 4. The maximum absolute atomic E-state index is 12.9. The number of fused-ring (bicyclic) bond motifs is 3. The van der Waals surface area contributed by atoms with E-state index < -0.39 is 6.04 Å². The first kappa shape index (κ1) is 15.4. The zero-order valence-corrected chi connectivity index (χ0v) is 14.0. The van der Waals surface area contributed by atoms with Gasteiger partial charge in [-0.15, -0.1) is 6.58 Å². The standard InChI is InChI=1S/C17H18N5O3/c1-4-7-20-15(23)13-14(19(3)17(20)24)18-16-21(11(2)9-22(13)16)10-12-6-5-8-25-12/h4-6,8-9,13H,1,7,10H2,2-3H3/q+1. The number of likely N-dealkylation sites (N-methyl/N-ethyl adjacent to an activating group) is 1. The van der Waals surface area contributed by atoms with Crippen LogP contribution < -0.4 is 4.57 Å². The molecule has 128 valence electrons. The molecule has 8 heteroatoms. The number of amides is 3. The molecule has 1 unspecified atom stereocenters. The Balaban J connectivity index is 1.78. The summed E-state index contributed by atoms with van der Waals surface area (Å²) in [6, 6.07) is 2.70. The lowest BCUT2D eigenvalue weighted by atomic mass is 10.1. The summed E-state index contributed by atoms with van der Waals surface area (Å²) in [6.45, 7) is 6.26. The molecule has 0 bridgehead atoms.